The van der Waals surface area contributed by atoms with Gasteiger partial charge in [0.15, 0.2) is 5.78 Å². The van der Waals surface area contributed by atoms with Crippen molar-refractivity contribution in [2.45, 2.75) is 0 Å². The minimum atomic E-state index is -0.149. The summed E-state index contributed by atoms with van der Waals surface area (Å²) >= 11 is 5.97. The number of aromatic amines is 1. The summed E-state index contributed by atoms with van der Waals surface area (Å²) in [5.74, 6) is 0.348. The second kappa shape index (κ2) is 4.98. The van der Waals surface area contributed by atoms with Crippen molar-refractivity contribution in [3.8, 4) is 5.75 Å². The maximum Gasteiger partial charge on any atom is 0.199 e. The van der Waals surface area contributed by atoms with E-state index in [2.05, 4.69) is 9.97 Å². The van der Waals surface area contributed by atoms with Crippen molar-refractivity contribution in [3.63, 3.8) is 0 Å². The molecule has 3 aromatic rings. The Morgan fingerprint density at radius 3 is 2.95 bits per heavy atom. The van der Waals surface area contributed by atoms with E-state index in [0.29, 0.717) is 27.5 Å². The zero-order valence-corrected chi connectivity index (χ0v) is 11.4. The molecule has 0 fully saturated rings. The zero-order valence-electron chi connectivity index (χ0n) is 10.7. The minimum Gasteiger partial charge on any atom is -0.496 e. The number of nitrogens with zero attached hydrogens (tertiary/aromatic N) is 1. The van der Waals surface area contributed by atoms with E-state index in [1.165, 1.54) is 7.11 Å². The van der Waals surface area contributed by atoms with Gasteiger partial charge in [0.25, 0.3) is 0 Å². The number of H-pyrrole nitrogens is 1. The molecule has 2 aromatic heterocycles. The van der Waals surface area contributed by atoms with E-state index in [4.69, 9.17) is 16.3 Å². The predicted molar refractivity (Wildman–Crippen MR) is 77.5 cm³/mol. The monoisotopic (exact) mass is 286 g/mol. The maximum atomic E-state index is 12.7. The first-order valence-corrected chi connectivity index (χ1v) is 6.39. The van der Waals surface area contributed by atoms with Crippen LogP contribution in [0.3, 0.4) is 0 Å². The maximum absolute atomic E-state index is 12.7. The lowest BCUT2D eigenvalue weighted by atomic mass is 10.0. The smallest absolute Gasteiger partial charge is 0.199 e. The number of pyridine rings is 1. The molecular formula is C15H11ClN2O2. The predicted octanol–water partition coefficient (Wildman–Crippen LogP) is 3.46. The molecule has 5 heteroatoms. The van der Waals surface area contributed by atoms with E-state index < -0.39 is 0 Å². The van der Waals surface area contributed by atoms with Crippen LogP contribution in [-0.2, 0) is 0 Å². The SMILES string of the molecule is COc1ccc(Cl)cc1C(=O)c1c[nH]c2ncccc12. The topological polar surface area (TPSA) is 55.0 Å². The first-order valence-electron chi connectivity index (χ1n) is 6.01. The van der Waals surface area contributed by atoms with E-state index >= 15 is 0 Å². The average molecular weight is 287 g/mol. The van der Waals surface area contributed by atoms with Gasteiger partial charge in [-0.15, -0.1) is 0 Å². The van der Waals surface area contributed by atoms with Crippen molar-refractivity contribution in [1.29, 1.82) is 0 Å². The number of hydrogen-bond acceptors (Lipinski definition) is 3. The van der Waals surface area contributed by atoms with E-state index in [-0.39, 0.29) is 5.78 Å². The van der Waals surface area contributed by atoms with Gasteiger partial charge in [-0.05, 0) is 30.3 Å². The molecule has 0 radical (unpaired) electrons. The molecule has 0 atom stereocenters. The Morgan fingerprint density at radius 2 is 2.15 bits per heavy atom. The molecule has 0 aliphatic carbocycles. The molecule has 2 heterocycles. The molecular weight excluding hydrogens is 276 g/mol. The second-order valence-corrected chi connectivity index (χ2v) is 4.71. The Morgan fingerprint density at radius 1 is 1.30 bits per heavy atom. The van der Waals surface area contributed by atoms with Gasteiger partial charge >= 0.3 is 0 Å². The first kappa shape index (κ1) is 12.7. The van der Waals surface area contributed by atoms with Crippen molar-refractivity contribution < 1.29 is 9.53 Å². The molecule has 0 aliphatic heterocycles. The number of nitrogens with one attached hydrogen (secondary N) is 1. The number of rotatable bonds is 3. The quantitative estimate of drug-likeness (QED) is 0.750. The molecule has 1 N–H and O–H groups in total. The molecule has 0 bridgehead atoms. The van der Waals surface area contributed by atoms with Gasteiger partial charge in [-0.3, -0.25) is 4.79 Å². The van der Waals surface area contributed by atoms with Crippen LogP contribution < -0.4 is 4.74 Å². The number of halogens is 1. The van der Waals surface area contributed by atoms with Crippen LogP contribution in [0.5, 0.6) is 5.75 Å². The van der Waals surface area contributed by atoms with E-state index in [1.807, 2.05) is 6.07 Å². The Labute approximate surface area is 120 Å². The molecule has 0 spiro atoms. The normalized spacial score (nSPS) is 10.7. The van der Waals surface area contributed by atoms with Crippen LogP contribution in [-0.4, -0.2) is 22.9 Å². The molecule has 0 amide bonds. The van der Waals surface area contributed by atoms with E-state index in [0.717, 1.165) is 5.39 Å². The fourth-order valence-electron chi connectivity index (χ4n) is 2.15. The lowest BCUT2D eigenvalue weighted by molar-refractivity contribution is 0.103. The Kier molecular flexibility index (Phi) is 3.16. The van der Waals surface area contributed by atoms with Crippen LogP contribution in [0, 0.1) is 0 Å². The van der Waals surface area contributed by atoms with E-state index in [1.54, 1.807) is 36.7 Å². The highest BCUT2D eigenvalue weighted by Crippen LogP contribution is 2.27. The molecule has 3 rings (SSSR count). The van der Waals surface area contributed by atoms with Gasteiger partial charge in [-0.25, -0.2) is 4.98 Å². The van der Waals surface area contributed by atoms with Gasteiger partial charge in [-0.2, -0.15) is 0 Å². The Bertz CT molecular complexity index is 795. The highest BCUT2D eigenvalue weighted by Gasteiger charge is 2.18. The molecule has 4 nitrogen and oxygen atoms in total. The highest BCUT2D eigenvalue weighted by atomic mass is 35.5. The largest absolute Gasteiger partial charge is 0.496 e. The van der Waals surface area contributed by atoms with Crippen LogP contribution in [0.25, 0.3) is 11.0 Å². The highest BCUT2D eigenvalue weighted by molar-refractivity contribution is 6.31. The minimum absolute atomic E-state index is 0.149. The van der Waals surface area contributed by atoms with Crippen molar-refractivity contribution in [2.75, 3.05) is 7.11 Å². The van der Waals surface area contributed by atoms with Crippen molar-refractivity contribution in [1.82, 2.24) is 9.97 Å². The fraction of sp³-hybridized carbons (Fsp3) is 0.0667. The number of carbonyl (C=O) groups excluding carboxylic acids is 1. The van der Waals surface area contributed by atoms with Crippen LogP contribution in [0.15, 0.2) is 42.7 Å². The number of carbonyl (C=O) groups is 1. The molecule has 0 saturated heterocycles. The number of aromatic nitrogens is 2. The van der Waals surface area contributed by atoms with Crippen LogP contribution in [0.2, 0.25) is 5.02 Å². The molecule has 0 saturated carbocycles. The fourth-order valence-corrected chi connectivity index (χ4v) is 2.32. The third-order valence-corrected chi connectivity index (χ3v) is 3.34. The summed E-state index contributed by atoms with van der Waals surface area (Å²) in [6.45, 7) is 0. The zero-order chi connectivity index (χ0) is 14.1. The van der Waals surface area contributed by atoms with Gasteiger partial charge in [0.1, 0.15) is 11.4 Å². The summed E-state index contributed by atoms with van der Waals surface area (Å²) in [4.78, 5) is 19.8. The summed E-state index contributed by atoms with van der Waals surface area (Å²) in [6.07, 6.45) is 3.33. The lowest BCUT2D eigenvalue weighted by Gasteiger charge is -2.07. The van der Waals surface area contributed by atoms with Crippen molar-refractivity contribution in [3.05, 3.63) is 58.9 Å². The number of ketones is 1. The van der Waals surface area contributed by atoms with Crippen LogP contribution >= 0.6 is 11.6 Å². The van der Waals surface area contributed by atoms with Crippen LogP contribution in [0.4, 0.5) is 0 Å². The van der Waals surface area contributed by atoms with Crippen molar-refractivity contribution >= 4 is 28.4 Å². The molecule has 1 aromatic carbocycles. The Hall–Kier alpha value is -2.33. The Balaban J connectivity index is 2.15. The number of benzene rings is 1. The van der Waals surface area contributed by atoms with E-state index in [9.17, 15) is 4.79 Å². The molecule has 0 unspecified atom stereocenters. The number of methoxy groups -OCH3 is 1. The van der Waals surface area contributed by atoms with Gasteiger partial charge in [0.05, 0.1) is 12.7 Å². The number of hydrogen-bond donors (Lipinski definition) is 1. The first-order chi connectivity index (χ1) is 9.70. The lowest BCUT2D eigenvalue weighted by Crippen LogP contribution is -2.03. The van der Waals surface area contributed by atoms with Gasteiger partial charge in [0.2, 0.25) is 0 Å². The van der Waals surface area contributed by atoms with Crippen LogP contribution in [0.1, 0.15) is 15.9 Å². The summed E-state index contributed by atoms with van der Waals surface area (Å²) in [6, 6.07) is 8.62. The summed E-state index contributed by atoms with van der Waals surface area (Å²) in [5, 5.41) is 1.27. The number of fused-ring (bicyclic) bond motifs is 1. The third-order valence-electron chi connectivity index (χ3n) is 3.10. The number of ether oxygens (including phenoxy) is 1. The van der Waals surface area contributed by atoms with Gasteiger partial charge < -0.3 is 9.72 Å². The summed E-state index contributed by atoms with van der Waals surface area (Å²) in [7, 11) is 1.52. The summed E-state index contributed by atoms with van der Waals surface area (Å²) in [5.41, 5.74) is 1.66. The van der Waals surface area contributed by atoms with Gasteiger partial charge in [0, 0.05) is 28.4 Å². The molecule has 100 valence electrons. The third kappa shape index (κ3) is 2.04. The average Bonchev–Trinajstić information content (AvgIpc) is 2.90. The van der Waals surface area contributed by atoms with Gasteiger partial charge in [-0.1, -0.05) is 11.6 Å². The standard InChI is InChI=1S/C15H11ClN2O2/c1-20-13-5-4-9(16)7-11(13)14(19)12-8-18-15-10(12)3-2-6-17-15/h2-8H,1H3,(H,17,18). The molecule has 0 aliphatic rings. The second-order valence-electron chi connectivity index (χ2n) is 4.28. The summed E-state index contributed by atoms with van der Waals surface area (Å²) < 4.78 is 5.23. The molecule has 20 heavy (non-hydrogen) atoms. The van der Waals surface area contributed by atoms with Crippen molar-refractivity contribution in [2.24, 2.45) is 0 Å².